The molecular weight excluding hydrogens is 288 g/mol. The molecule has 0 spiro atoms. The van der Waals surface area contributed by atoms with Gasteiger partial charge in [0.05, 0.1) is 29.1 Å². The predicted molar refractivity (Wildman–Crippen MR) is 84.9 cm³/mol. The van der Waals surface area contributed by atoms with Crippen molar-refractivity contribution >= 4 is 23.0 Å². The van der Waals surface area contributed by atoms with Gasteiger partial charge >= 0.3 is 0 Å². The Labute approximate surface area is 127 Å². The van der Waals surface area contributed by atoms with Crippen LogP contribution in [0.2, 0.25) is 5.02 Å². The van der Waals surface area contributed by atoms with E-state index >= 15 is 0 Å². The maximum Gasteiger partial charge on any atom is 0.269 e. The van der Waals surface area contributed by atoms with Gasteiger partial charge in [0.1, 0.15) is 0 Å². The van der Waals surface area contributed by atoms with Gasteiger partial charge in [0.15, 0.2) is 0 Å². The summed E-state index contributed by atoms with van der Waals surface area (Å²) in [5.41, 5.74) is 7.99. The first-order valence-electron chi connectivity index (χ1n) is 6.99. The van der Waals surface area contributed by atoms with Gasteiger partial charge < -0.3 is 10.6 Å². The maximum absolute atomic E-state index is 12.2. The van der Waals surface area contributed by atoms with E-state index in [-0.39, 0.29) is 5.56 Å². The van der Waals surface area contributed by atoms with Crippen LogP contribution >= 0.6 is 11.6 Å². The molecule has 0 radical (unpaired) electrons. The summed E-state index contributed by atoms with van der Waals surface area (Å²) in [6.45, 7) is 2.39. The summed E-state index contributed by atoms with van der Waals surface area (Å²) in [5, 5.41) is 4.78. The summed E-state index contributed by atoms with van der Waals surface area (Å²) in [5.74, 6) is 0. The monoisotopic (exact) mass is 304 g/mol. The number of nitrogen functional groups attached to an aromatic ring is 1. The van der Waals surface area contributed by atoms with Crippen LogP contribution in [0.4, 0.5) is 11.4 Å². The molecule has 0 saturated carbocycles. The molecule has 2 heterocycles. The Bertz CT molecular complexity index is 707. The van der Waals surface area contributed by atoms with Crippen LogP contribution in [-0.2, 0) is 6.54 Å². The van der Waals surface area contributed by atoms with E-state index in [1.165, 1.54) is 17.5 Å². The van der Waals surface area contributed by atoms with Crippen molar-refractivity contribution in [2.75, 3.05) is 23.7 Å². The molecule has 0 bridgehead atoms. The minimum absolute atomic E-state index is 0.104. The zero-order chi connectivity index (χ0) is 14.8. The van der Waals surface area contributed by atoms with Crippen molar-refractivity contribution in [3.05, 3.63) is 51.4 Å². The molecule has 2 N–H and O–H groups in total. The van der Waals surface area contributed by atoms with E-state index < -0.39 is 0 Å². The first kappa shape index (κ1) is 13.9. The second kappa shape index (κ2) is 5.77. The highest BCUT2D eigenvalue weighted by atomic mass is 35.5. The lowest BCUT2D eigenvalue weighted by atomic mass is 10.2. The van der Waals surface area contributed by atoms with E-state index in [1.807, 2.05) is 6.07 Å². The third-order valence-corrected chi connectivity index (χ3v) is 4.06. The van der Waals surface area contributed by atoms with Gasteiger partial charge in [-0.1, -0.05) is 17.7 Å². The van der Waals surface area contributed by atoms with E-state index in [1.54, 1.807) is 24.4 Å². The summed E-state index contributed by atoms with van der Waals surface area (Å²) in [6, 6.07) is 7.00. The standard InChI is InChI=1S/C15H17ClN4O/c16-13-4-3-11(7-14(13)17)10-20-15(21)8-12(9-18-20)19-5-1-2-6-19/h3-4,7-9H,1-2,5-6,10,17H2. The molecular formula is C15H17ClN4O. The van der Waals surface area contributed by atoms with Crippen molar-refractivity contribution in [3.8, 4) is 0 Å². The summed E-state index contributed by atoms with van der Waals surface area (Å²) in [4.78, 5) is 14.4. The molecule has 3 rings (SSSR count). The van der Waals surface area contributed by atoms with Crippen molar-refractivity contribution in [3.63, 3.8) is 0 Å². The molecule has 0 aliphatic carbocycles. The van der Waals surface area contributed by atoms with E-state index in [0.29, 0.717) is 17.3 Å². The Balaban J connectivity index is 1.82. The topological polar surface area (TPSA) is 64.2 Å². The quantitative estimate of drug-likeness (QED) is 0.882. The van der Waals surface area contributed by atoms with Crippen LogP contribution in [-0.4, -0.2) is 22.9 Å². The molecule has 110 valence electrons. The Morgan fingerprint density at radius 1 is 1.24 bits per heavy atom. The van der Waals surface area contributed by atoms with Gasteiger partial charge in [-0.2, -0.15) is 5.10 Å². The molecule has 1 saturated heterocycles. The highest BCUT2D eigenvalue weighted by Crippen LogP contribution is 2.20. The summed E-state index contributed by atoms with van der Waals surface area (Å²) >= 11 is 5.89. The summed E-state index contributed by atoms with van der Waals surface area (Å²) in [6.07, 6.45) is 4.10. The van der Waals surface area contributed by atoms with Gasteiger partial charge in [-0.3, -0.25) is 4.79 Å². The molecule has 0 unspecified atom stereocenters. The van der Waals surface area contributed by atoms with Crippen molar-refractivity contribution in [2.45, 2.75) is 19.4 Å². The second-order valence-electron chi connectivity index (χ2n) is 5.26. The molecule has 5 nitrogen and oxygen atoms in total. The second-order valence-corrected chi connectivity index (χ2v) is 5.67. The van der Waals surface area contributed by atoms with Gasteiger partial charge in [0.2, 0.25) is 0 Å². The lowest BCUT2D eigenvalue weighted by Crippen LogP contribution is -2.26. The molecule has 1 aromatic heterocycles. The fourth-order valence-electron chi connectivity index (χ4n) is 2.56. The average Bonchev–Trinajstić information content (AvgIpc) is 2.99. The van der Waals surface area contributed by atoms with Crippen LogP contribution in [0.3, 0.4) is 0 Å². The Kier molecular flexibility index (Phi) is 3.84. The van der Waals surface area contributed by atoms with E-state index in [4.69, 9.17) is 17.3 Å². The van der Waals surface area contributed by atoms with Crippen molar-refractivity contribution in [1.82, 2.24) is 9.78 Å². The van der Waals surface area contributed by atoms with Crippen LogP contribution in [0.15, 0.2) is 35.3 Å². The van der Waals surface area contributed by atoms with Crippen molar-refractivity contribution in [2.24, 2.45) is 0 Å². The van der Waals surface area contributed by atoms with E-state index in [9.17, 15) is 4.79 Å². The molecule has 2 aromatic rings. The highest BCUT2D eigenvalue weighted by molar-refractivity contribution is 6.33. The molecule has 1 aliphatic rings. The number of hydrogen-bond donors (Lipinski definition) is 1. The fourth-order valence-corrected chi connectivity index (χ4v) is 2.67. The molecule has 6 heteroatoms. The third-order valence-electron chi connectivity index (χ3n) is 3.72. The van der Waals surface area contributed by atoms with Crippen molar-refractivity contribution in [1.29, 1.82) is 0 Å². The highest BCUT2D eigenvalue weighted by Gasteiger charge is 2.13. The number of hydrogen-bond acceptors (Lipinski definition) is 4. The van der Waals surface area contributed by atoms with E-state index in [0.717, 1.165) is 24.3 Å². The van der Waals surface area contributed by atoms with Crippen LogP contribution < -0.4 is 16.2 Å². The predicted octanol–water partition coefficient (Wildman–Crippen LogP) is 2.13. The molecule has 1 fully saturated rings. The summed E-state index contributed by atoms with van der Waals surface area (Å²) in [7, 11) is 0. The minimum Gasteiger partial charge on any atom is -0.398 e. The number of rotatable bonds is 3. The van der Waals surface area contributed by atoms with Crippen LogP contribution in [0.25, 0.3) is 0 Å². The van der Waals surface area contributed by atoms with Crippen LogP contribution in [0, 0.1) is 0 Å². The molecule has 1 aromatic carbocycles. The first-order chi connectivity index (χ1) is 10.1. The average molecular weight is 305 g/mol. The van der Waals surface area contributed by atoms with Gasteiger partial charge in [0, 0.05) is 19.2 Å². The molecule has 21 heavy (non-hydrogen) atoms. The zero-order valence-electron chi connectivity index (χ0n) is 11.6. The third kappa shape index (κ3) is 3.03. The molecule has 0 atom stereocenters. The Morgan fingerprint density at radius 2 is 2.00 bits per heavy atom. The molecule has 1 aliphatic heterocycles. The minimum atomic E-state index is -0.104. The van der Waals surface area contributed by atoms with Crippen LogP contribution in [0.1, 0.15) is 18.4 Å². The smallest absolute Gasteiger partial charge is 0.269 e. The number of halogens is 1. The normalized spacial score (nSPS) is 14.6. The SMILES string of the molecule is Nc1cc(Cn2ncc(N3CCCC3)cc2=O)ccc1Cl. The van der Waals surface area contributed by atoms with E-state index in [2.05, 4.69) is 10.00 Å². The number of nitrogens with zero attached hydrogens (tertiary/aromatic N) is 3. The van der Waals surface area contributed by atoms with Gasteiger partial charge in [-0.25, -0.2) is 4.68 Å². The summed E-state index contributed by atoms with van der Waals surface area (Å²) < 4.78 is 1.43. The number of anilines is 2. The molecule has 0 amide bonds. The zero-order valence-corrected chi connectivity index (χ0v) is 12.4. The largest absolute Gasteiger partial charge is 0.398 e. The van der Waals surface area contributed by atoms with Gasteiger partial charge in [0.25, 0.3) is 5.56 Å². The number of benzene rings is 1. The number of nitrogens with two attached hydrogens (primary N) is 1. The van der Waals surface area contributed by atoms with Crippen LogP contribution in [0.5, 0.6) is 0 Å². The fraction of sp³-hybridized carbons (Fsp3) is 0.333. The lowest BCUT2D eigenvalue weighted by Gasteiger charge is -2.17. The van der Waals surface area contributed by atoms with Crippen molar-refractivity contribution < 1.29 is 0 Å². The number of aromatic nitrogens is 2. The van der Waals surface area contributed by atoms with Gasteiger partial charge in [-0.05, 0) is 30.5 Å². The Hall–Kier alpha value is -2.01. The maximum atomic E-state index is 12.2. The first-order valence-corrected chi connectivity index (χ1v) is 7.37. The lowest BCUT2D eigenvalue weighted by molar-refractivity contribution is 0.637. The van der Waals surface area contributed by atoms with Gasteiger partial charge in [-0.15, -0.1) is 0 Å². The Morgan fingerprint density at radius 3 is 2.67 bits per heavy atom.